The lowest BCUT2D eigenvalue weighted by Gasteiger charge is -2.06. The highest BCUT2D eigenvalue weighted by Gasteiger charge is 2.13. The van der Waals surface area contributed by atoms with Gasteiger partial charge >= 0.3 is 0 Å². The Bertz CT molecular complexity index is 1170. The third kappa shape index (κ3) is 5.55. The number of benzene rings is 2. The van der Waals surface area contributed by atoms with Crippen LogP contribution in [0.4, 0.5) is 5.69 Å². The lowest BCUT2D eigenvalue weighted by molar-refractivity contribution is 0.0992. The number of nitrogens with one attached hydrogen (secondary N) is 1. The number of amides is 1. The molecule has 4 rings (SSSR count). The topological polar surface area (TPSA) is 78.5 Å². The van der Waals surface area contributed by atoms with Crippen LogP contribution in [0.25, 0.3) is 0 Å². The highest BCUT2D eigenvalue weighted by Crippen LogP contribution is 2.21. The lowest BCUT2D eigenvalue weighted by Crippen LogP contribution is -2.10. The third-order valence-electron chi connectivity index (χ3n) is 4.46. The first-order valence-corrected chi connectivity index (χ1v) is 10.3. The predicted molar refractivity (Wildman–Crippen MR) is 119 cm³/mol. The second kappa shape index (κ2) is 9.53. The van der Waals surface area contributed by atoms with Gasteiger partial charge in [-0.15, -0.1) is 0 Å². The van der Waals surface area contributed by atoms with E-state index in [1.54, 1.807) is 42.4 Å². The molecule has 0 aliphatic rings. The normalized spacial score (nSPS) is 10.6. The summed E-state index contributed by atoms with van der Waals surface area (Å²) in [5.41, 5.74) is 1.70. The minimum atomic E-state index is -0.351. The third-order valence-corrected chi connectivity index (χ3v) is 4.99. The van der Waals surface area contributed by atoms with Crippen molar-refractivity contribution in [1.29, 1.82) is 0 Å². The highest BCUT2D eigenvalue weighted by molar-refractivity contribution is 9.10. The molecule has 0 aliphatic carbocycles. The average Bonchev–Trinajstić information content (AvgIpc) is 3.44. The molecule has 0 atom stereocenters. The number of carbonyl (C=O) groups is 1. The quantitative estimate of drug-likeness (QED) is 0.377. The predicted octanol–water partition coefficient (Wildman–Crippen LogP) is 5.13. The molecule has 0 bridgehead atoms. The summed E-state index contributed by atoms with van der Waals surface area (Å²) in [4.78, 5) is 12.5. The van der Waals surface area contributed by atoms with Gasteiger partial charge < -0.3 is 19.2 Å². The van der Waals surface area contributed by atoms with Crippen LogP contribution in [0.15, 0.2) is 81.9 Å². The molecule has 1 N–H and O–H groups in total. The van der Waals surface area contributed by atoms with Crippen molar-refractivity contribution in [2.24, 2.45) is 0 Å². The van der Waals surface area contributed by atoms with E-state index >= 15 is 0 Å². The van der Waals surface area contributed by atoms with Gasteiger partial charge in [0.2, 0.25) is 0 Å². The highest BCUT2D eigenvalue weighted by atomic mass is 79.9. The first-order valence-electron chi connectivity index (χ1n) is 9.53. The van der Waals surface area contributed by atoms with Gasteiger partial charge in [-0.2, -0.15) is 5.10 Å². The van der Waals surface area contributed by atoms with E-state index in [0.717, 1.165) is 10.0 Å². The van der Waals surface area contributed by atoms with Crippen LogP contribution in [-0.2, 0) is 13.2 Å². The first kappa shape index (κ1) is 20.7. The maximum Gasteiger partial charge on any atom is 0.291 e. The van der Waals surface area contributed by atoms with E-state index in [2.05, 4.69) is 26.3 Å². The van der Waals surface area contributed by atoms with Crippen LogP contribution in [0.3, 0.4) is 0 Å². The molecule has 2 aromatic heterocycles. The molecule has 7 nitrogen and oxygen atoms in total. The van der Waals surface area contributed by atoms with Crippen LogP contribution in [0.1, 0.15) is 21.9 Å². The number of nitrogens with zero attached hydrogens (tertiary/aromatic N) is 2. The molecular formula is C23H20BrN3O4. The van der Waals surface area contributed by atoms with Crippen molar-refractivity contribution in [3.05, 3.63) is 94.6 Å². The summed E-state index contributed by atoms with van der Waals surface area (Å²) in [6.45, 7) is 0.807. The number of carbonyl (C=O) groups excluding carboxylic acids is 1. The summed E-state index contributed by atoms with van der Waals surface area (Å²) in [7, 11) is 1.60. The number of rotatable bonds is 8. The van der Waals surface area contributed by atoms with Gasteiger partial charge in [-0.25, -0.2) is 0 Å². The molecule has 0 saturated carbocycles. The number of methoxy groups -OCH3 is 1. The molecule has 158 valence electrons. The van der Waals surface area contributed by atoms with Gasteiger partial charge in [0.1, 0.15) is 23.9 Å². The van der Waals surface area contributed by atoms with Crippen LogP contribution in [0.2, 0.25) is 0 Å². The van der Waals surface area contributed by atoms with Crippen molar-refractivity contribution < 1.29 is 18.7 Å². The summed E-state index contributed by atoms with van der Waals surface area (Å²) < 4.78 is 19.3. The summed E-state index contributed by atoms with van der Waals surface area (Å²) in [5, 5.41) is 7.09. The van der Waals surface area contributed by atoms with Gasteiger partial charge in [0.05, 0.1) is 25.5 Å². The smallest absolute Gasteiger partial charge is 0.291 e. The largest absolute Gasteiger partial charge is 0.497 e. The second-order valence-electron chi connectivity index (χ2n) is 6.74. The Morgan fingerprint density at radius 2 is 1.94 bits per heavy atom. The summed E-state index contributed by atoms with van der Waals surface area (Å²) >= 11 is 3.42. The van der Waals surface area contributed by atoms with Gasteiger partial charge in [-0.3, -0.25) is 9.48 Å². The van der Waals surface area contributed by atoms with Crippen molar-refractivity contribution in [2.75, 3.05) is 12.4 Å². The molecule has 0 spiro atoms. The zero-order valence-electron chi connectivity index (χ0n) is 16.7. The van der Waals surface area contributed by atoms with Gasteiger partial charge in [-0.05, 0) is 42.0 Å². The summed E-state index contributed by atoms with van der Waals surface area (Å²) in [6.07, 6.45) is 3.38. The van der Waals surface area contributed by atoms with Gasteiger partial charge in [0.15, 0.2) is 5.76 Å². The van der Waals surface area contributed by atoms with E-state index in [1.807, 2.05) is 42.5 Å². The standard InChI is InChI=1S/C23H20BrN3O4/c1-29-19-3-2-4-20(11-19)30-15-21-9-10-22(31-21)23(28)26-18-12-25-27(14-18)13-16-5-7-17(24)8-6-16/h2-12,14H,13,15H2,1H3,(H,26,28). The monoisotopic (exact) mass is 481 g/mol. The molecule has 2 aromatic carbocycles. The van der Waals surface area contributed by atoms with Crippen molar-refractivity contribution in [3.63, 3.8) is 0 Å². The second-order valence-corrected chi connectivity index (χ2v) is 7.66. The fourth-order valence-corrected chi connectivity index (χ4v) is 3.17. The summed E-state index contributed by atoms with van der Waals surface area (Å²) in [5.74, 6) is 1.75. The number of anilines is 1. The van der Waals surface area contributed by atoms with E-state index in [-0.39, 0.29) is 18.3 Å². The Kier molecular flexibility index (Phi) is 6.37. The Hall–Kier alpha value is -3.52. The van der Waals surface area contributed by atoms with Crippen molar-refractivity contribution in [1.82, 2.24) is 9.78 Å². The van der Waals surface area contributed by atoms with Crippen molar-refractivity contribution in [2.45, 2.75) is 13.2 Å². The number of hydrogen-bond donors (Lipinski definition) is 1. The number of furan rings is 1. The Morgan fingerprint density at radius 3 is 2.74 bits per heavy atom. The molecule has 0 saturated heterocycles. The maximum absolute atomic E-state index is 12.5. The molecule has 0 radical (unpaired) electrons. The fraction of sp³-hybridized carbons (Fsp3) is 0.130. The van der Waals surface area contributed by atoms with E-state index < -0.39 is 0 Å². The van der Waals surface area contributed by atoms with Crippen LogP contribution in [-0.4, -0.2) is 22.8 Å². The molecule has 0 unspecified atom stereocenters. The van der Waals surface area contributed by atoms with E-state index in [0.29, 0.717) is 29.5 Å². The summed E-state index contributed by atoms with van der Waals surface area (Å²) in [6, 6.07) is 18.6. The van der Waals surface area contributed by atoms with Gasteiger partial charge in [0, 0.05) is 16.7 Å². The van der Waals surface area contributed by atoms with Gasteiger partial charge in [-0.1, -0.05) is 34.1 Å². The van der Waals surface area contributed by atoms with Crippen molar-refractivity contribution in [3.8, 4) is 11.5 Å². The minimum absolute atomic E-state index is 0.199. The Labute approximate surface area is 187 Å². The number of ether oxygens (including phenoxy) is 2. The number of halogens is 1. The van der Waals surface area contributed by atoms with E-state index in [9.17, 15) is 4.79 Å². The van der Waals surface area contributed by atoms with Crippen LogP contribution >= 0.6 is 15.9 Å². The SMILES string of the molecule is COc1cccc(OCc2ccc(C(=O)Nc3cnn(Cc4ccc(Br)cc4)c3)o2)c1. The van der Waals surface area contributed by atoms with E-state index in [1.165, 1.54) is 0 Å². The molecule has 0 fully saturated rings. The number of hydrogen-bond acceptors (Lipinski definition) is 5. The molecule has 1 amide bonds. The molecule has 8 heteroatoms. The average molecular weight is 482 g/mol. The maximum atomic E-state index is 12.5. The number of aromatic nitrogens is 2. The zero-order chi connectivity index (χ0) is 21.6. The van der Waals surface area contributed by atoms with Gasteiger partial charge in [0.25, 0.3) is 5.91 Å². The van der Waals surface area contributed by atoms with Crippen LogP contribution < -0.4 is 14.8 Å². The van der Waals surface area contributed by atoms with E-state index in [4.69, 9.17) is 13.9 Å². The molecule has 2 heterocycles. The van der Waals surface area contributed by atoms with Crippen molar-refractivity contribution >= 4 is 27.5 Å². The molecular weight excluding hydrogens is 462 g/mol. The van der Waals surface area contributed by atoms with Crippen LogP contribution in [0.5, 0.6) is 11.5 Å². The minimum Gasteiger partial charge on any atom is -0.497 e. The Morgan fingerprint density at radius 1 is 1.13 bits per heavy atom. The molecule has 0 aliphatic heterocycles. The molecule has 31 heavy (non-hydrogen) atoms. The fourth-order valence-electron chi connectivity index (χ4n) is 2.91. The zero-order valence-corrected chi connectivity index (χ0v) is 18.3. The van der Waals surface area contributed by atoms with Crippen LogP contribution in [0, 0.1) is 0 Å². The Balaban J connectivity index is 1.32. The lowest BCUT2D eigenvalue weighted by atomic mass is 10.2. The first-order chi connectivity index (χ1) is 15.1. The molecule has 4 aromatic rings.